The molecular formula is C13H14N8OS. The number of H-pyrrole nitrogens is 2. The summed E-state index contributed by atoms with van der Waals surface area (Å²) in [6.45, 7) is 0.628. The first-order valence-electron chi connectivity index (χ1n) is 6.79. The van der Waals surface area contributed by atoms with Crippen LogP contribution in [0.15, 0.2) is 40.3 Å². The molecule has 0 aliphatic heterocycles. The lowest BCUT2D eigenvalue weighted by atomic mass is 10.2. The molecule has 0 spiro atoms. The van der Waals surface area contributed by atoms with Gasteiger partial charge in [-0.05, 0) is 5.56 Å². The summed E-state index contributed by atoms with van der Waals surface area (Å²) in [4.78, 5) is 24.5. The predicted octanol–water partition coefficient (Wildman–Crippen LogP) is 0.607. The number of aromatic amines is 2. The Labute approximate surface area is 135 Å². The SMILES string of the molecule is CN(Cc1ccccc1)c1nc(SCc2nn[nH]n2)nc(=O)[nH]1. The molecule has 0 aliphatic rings. The highest BCUT2D eigenvalue weighted by Crippen LogP contribution is 2.17. The molecule has 118 valence electrons. The lowest BCUT2D eigenvalue weighted by Gasteiger charge is -2.17. The van der Waals surface area contributed by atoms with Crippen molar-refractivity contribution in [2.24, 2.45) is 0 Å². The number of nitrogens with zero attached hydrogens (tertiary/aromatic N) is 6. The van der Waals surface area contributed by atoms with Crippen LogP contribution in [0, 0.1) is 0 Å². The molecule has 23 heavy (non-hydrogen) atoms. The van der Waals surface area contributed by atoms with Gasteiger partial charge in [0.15, 0.2) is 11.0 Å². The largest absolute Gasteiger partial charge is 0.350 e. The molecule has 0 radical (unpaired) electrons. The van der Waals surface area contributed by atoms with Gasteiger partial charge in [-0.2, -0.15) is 15.2 Å². The van der Waals surface area contributed by atoms with Crippen LogP contribution in [0.2, 0.25) is 0 Å². The highest BCUT2D eigenvalue weighted by molar-refractivity contribution is 7.98. The number of hydrogen-bond donors (Lipinski definition) is 2. The van der Waals surface area contributed by atoms with E-state index in [2.05, 4.69) is 35.6 Å². The van der Waals surface area contributed by atoms with Gasteiger partial charge < -0.3 is 4.90 Å². The minimum absolute atomic E-state index is 0.369. The minimum Gasteiger partial charge on any atom is -0.341 e. The van der Waals surface area contributed by atoms with Gasteiger partial charge in [-0.1, -0.05) is 47.3 Å². The van der Waals surface area contributed by atoms with Crippen LogP contribution < -0.4 is 10.6 Å². The monoisotopic (exact) mass is 330 g/mol. The molecule has 3 rings (SSSR count). The molecule has 0 atom stereocenters. The zero-order valence-corrected chi connectivity index (χ0v) is 13.1. The van der Waals surface area contributed by atoms with E-state index in [1.54, 1.807) is 0 Å². The summed E-state index contributed by atoms with van der Waals surface area (Å²) < 4.78 is 0. The van der Waals surface area contributed by atoms with Gasteiger partial charge in [-0.3, -0.25) is 4.98 Å². The molecule has 2 aromatic heterocycles. The Morgan fingerprint density at radius 1 is 1.22 bits per heavy atom. The van der Waals surface area contributed by atoms with Gasteiger partial charge in [0.2, 0.25) is 5.95 Å². The van der Waals surface area contributed by atoms with E-state index in [-0.39, 0.29) is 0 Å². The molecule has 2 N–H and O–H groups in total. The maximum Gasteiger partial charge on any atom is 0.350 e. The second-order valence-electron chi connectivity index (χ2n) is 4.72. The molecule has 0 saturated carbocycles. The van der Waals surface area contributed by atoms with Crippen molar-refractivity contribution in [2.45, 2.75) is 17.5 Å². The third-order valence-electron chi connectivity index (χ3n) is 2.96. The number of anilines is 1. The fourth-order valence-electron chi connectivity index (χ4n) is 1.90. The maximum absolute atomic E-state index is 11.7. The first-order valence-corrected chi connectivity index (χ1v) is 7.78. The van der Waals surface area contributed by atoms with Crippen LogP contribution in [0.1, 0.15) is 11.4 Å². The fourth-order valence-corrected chi connectivity index (χ4v) is 2.58. The number of rotatable bonds is 6. The molecule has 0 saturated heterocycles. The van der Waals surface area contributed by atoms with E-state index >= 15 is 0 Å². The number of thioether (sulfide) groups is 1. The first kappa shape index (κ1) is 15.2. The summed E-state index contributed by atoms with van der Waals surface area (Å²) in [7, 11) is 1.86. The van der Waals surface area contributed by atoms with Gasteiger partial charge in [0, 0.05) is 13.6 Å². The Morgan fingerprint density at radius 3 is 2.78 bits per heavy atom. The molecule has 2 heterocycles. The zero-order chi connectivity index (χ0) is 16.1. The Hall–Kier alpha value is -2.75. The molecule has 1 aromatic carbocycles. The normalized spacial score (nSPS) is 10.7. The Morgan fingerprint density at radius 2 is 2.04 bits per heavy atom. The van der Waals surface area contributed by atoms with Gasteiger partial charge in [-0.25, -0.2) is 4.79 Å². The van der Waals surface area contributed by atoms with E-state index < -0.39 is 5.69 Å². The highest BCUT2D eigenvalue weighted by Gasteiger charge is 2.10. The number of tetrazole rings is 1. The summed E-state index contributed by atoms with van der Waals surface area (Å²) >= 11 is 1.28. The standard InChI is InChI=1S/C13H14N8OS/c1-21(7-9-5-3-2-4-6-9)11-14-12(22)16-13(15-11)23-8-10-17-19-20-18-10/h2-6H,7-8H2,1H3,(H,14,15,16,22)(H,17,18,19,20). The number of benzene rings is 1. The van der Waals surface area contributed by atoms with Crippen LogP contribution in [0.25, 0.3) is 0 Å². The van der Waals surface area contributed by atoms with Crippen LogP contribution in [0.4, 0.5) is 5.95 Å². The summed E-state index contributed by atoms with van der Waals surface area (Å²) in [6, 6.07) is 9.93. The van der Waals surface area contributed by atoms with Crippen molar-refractivity contribution in [3.63, 3.8) is 0 Å². The van der Waals surface area contributed by atoms with E-state index in [0.717, 1.165) is 5.56 Å². The van der Waals surface area contributed by atoms with E-state index in [0.29, 0.717) is 29.2 Å². The maximum atomic E-state index is 11.7. The lowest BCUT2D eigenvalue weighted by molar-refractivity contribution is 0.789. The Kier molecular flexibility index (Phi) is 4.62. The molecule has 0 unspecified atom stereocenters. The summed E-state index contributed by atoms with van der Waals surface area (Å²) in [5, 5.41) is 13.9. The van der Waals surface area contributed by atoms with Crippen molar-refractivity contribution in [1.29, 1.82) is 0 Å². The van der Waals surface area contributed by atoms with Crippen LogP contribution >= 0.6 is 11.8 Å². The van der Waals surface area contributed by atoms with E-state index in [4.69, 9.17) is 0 Å². The molecular weight excluding hydrogens is 316 g/mol. The van der Waals surface area contributed by atoms with Crippen molar-refractivity contribution in [3.8, 4) is 0 Å². The fraction of sp³-hybridized carbons (Fsp3) is 0.231. The number of aromatic nitrogens is 7. The van der Waals surface area contributed by atoms with E-state index in [1.165, 1.54) is 11.8 Å². The molecule has 0 amide bonds. The zero-order valence-electron chi connectivity index (χ0n) is 12.3. The summed E-state index contributed by atoms with van der Waals surface area (Å²) in [5.41, 5.74) is 0.681. The third kappa shape index (κ3) is 4.13. The predicted molar refractivity (Wildman–Crippen MR) is 84.9 cm³/mol. The van der Waals surface area contributed by atoms with Crippen molar-refractivity contribution in [3.05, 3.63) is 52.2 Å². The first-order chi connectivity index (χ1) is 11.2. The van der Waals surface area contributed by atoms with Crippen molar-refractivity contribution >= 4 is 17.7 Å². The summed E-state index contributed by atoms with van der Waals surface area (Å²) in [5.74, 6) is 1.42. The second kappa shape index (κ2) is 7.01. The van der Waals surface area contributed by atoms with Crippen LogP contribution in [0.5, 0.6) is 0 Å². The van der Waals surface area contributed by atoms with Crippen LogP contribution in [0.3, 0.4) is 0 Å². The number of hydrogen-bond acceptors (Lipinski definition) is 8. The third-order valence-corrected chi connectivity index (χ3v) is 3.80. The smallest absolute Gasteiger partial charge is 0.341 e. The van der Waals surface area contributed by atoms with Gasteiger partial charge in [0.1, 0.15) is 0 Å². The molecule has 9 nitrogen and oxygen atoms in total. The van der Waals surface area contributed by atoms with E-state index in [9.17, 15) is 4.79 Å². The average Bonchev–Trinajstić information content (AvgIpc) is 3.07. The summed E-state index contributed by atoms with van der Waals surface area (Å²) in [6.07, 6.45) is 0. The van der Waals surface area contributed by atoms with Crippen LogP contribution in [-0.4, -0.2) is 42.6 Å². The van der Waals surface area contributed by atoms with Crippen molar-refractivity contribution < 1.29 is 0 Å². The topological polar surface area (TPSA) is 116 Å². The molecule has 0 fully saturated rings. The van der Waals surface area contributed by atoms with Gasteiger partial charge in [0.25, 0.3) is 0 Å². The lowest BCUT2D eigenvalue weighted by Crippen LogP contribution is -2.24. The quantitative estimate of drug-likeness (QED) is 0.631. The van der Waals surface area contributed by atoms with Gasteiger partial charge in [0.05, 0.1) is 5.75 Å². The van der Waals surface area contributed by atoms with Crippen molar-refractivity contribution in [2.75, 3.05) is 11.9 Å². The Balaban J connectivity index is 1.73. The van der Waals surface area contributed by atoms with Crippen LogP contribution in [-0.2, 0) is 12.3 Å². The molecule has 0 aliphatic carbocycles. The highest BCUT2D eigenvalue weighted by atomic mass is 32.2. The number of nitrogens with one attached hydrogen (secondary N) is 2. The molecule has 0 bridgehead atoms. The second-order valence-corrected chi connectivity index (χ2v) is 5.66. The van der Waals surface area contributed by atoms with E-state index in [1.807, 2.05) is 42.3 Å². The van der Waals surface area contributed by atoms with Crippen molar-refractivity contribution in [1.82, 2.24) is 35.6 Å². The van der Waals surface area contributed by atoms with Gasteiger partial charge in [-0.15, -0.1) is 10.2 Å². The minimum atomic E-state index is -0.439. The van der Waals surface area contributed by atoms with Gasteiger partial charge >= 0.3 is 5.69 Å². The molecule has 10 heteroatoms. The average molecular weight is 330 g/mol. The Bertz CT molecular complexity index is 804. The molecule has 3 aromatic rings.